The molecule has 1 fully saturated rings. The van der Waals surface area contributed by atoms with Crippen LogP contribution in [0.5, 0.6) is 5.75 Å². The predicted molar refractivity (Wildman–Crippen MR) is 184 cm³/mol. The number of halogens is 1. The second-order valence-corrected chi connectivity index (χ2v) is 13.7. The number of hydrogen-bond donors (Lipinski definition) is 1. The SMILES string of the molecule is COCOc1ccc(F)cc1[C@H](C(=O)Nc1nccs1)N1Cc2ccc(-c3ccc(N4CCN(C(=O)OC(C)(C)C)CC4)cc3)cc2C1=O. The van der Waals surface area contributed by atoms with Gasteiger partial charge in [0.1, 0.15) is 23.2 Å². The number of benzene rings is 3. The molecule has 11 nitrogen and oxygen atoms in total. The smallest absolute Gasteiger partial charge is 0.410 e. The molecule has 3 heterocycles. The van der Waals surface area contributed by atoms with E-state index >= 15 is 0 Å². The molecular formula is C36H38FN5O6S. The van der Waals surface area contributed by atoms with Gasteiger partial charge in [-0.3, -0.25) is 14.9 Å². The van der Waals surface area contributed by atoms with Crippen molar-refractivity contribution < 1.29 is 33.0 Å². The average molecular weight is 688 g/mol. The molecule has 256 valence electrons. The number of piperazine rings is 1. The minimum atomic E-state index is -1.22. The Labute approximate surface area is 288 Å². The van der Waals surface area contributed by atoms with Crippen molar-refractivity contribution in [1.29, 1.82) is 0 Å². The summed E-state index contributed by atoms with van der Waals surface area (Å²) in [5, 5.41) is 4.84. The van der Waals surface area contributed by atoms with E-state index in [1.54, 1.807) is 16.5 Å². The van der Waals surface area contributed by atoms with Gasteiger partial charge in [-0.2, -0.15) is 0 Å². The summed E-state index contributed by atoms with van der Waals surface area (Å²) < 4.78 is 30.9. The number of carbonyl (C=O) groups is 3. The normalized spacial score (nSPS) is 15.2. The standard InChI is InChI=1S/C36H38FN5O6S/c1-36(2,3)48-35(45)41-16-14-40(15-17-41)27-10-7-23(8-11-27)24-5-6-25-21-42(33(44)28(25)19-24)31(32(43)39-34-38-13-18-49-34)29-20-26(37)9-12-30(29)47-22-46-4/h5-13,18-20,31H,14-17,21-22H2,1-4H3,(H,38,39,43)/t31-/m1/s1. The second-order valence-electron chi connectivity index (χ2n) is 12.8. The van der Waals surface area contributed by atoms with Crippen molar-refractivity contribution in [3.63, 3.8) is 0 Å². The Balaban J connectivity index is 1.21. The van der Waals surface area contributed by atoms with Crippen LogP contribution in [0.1, 0.15) is 48.3 Å². The van der Waals surface area contributed by atoms with Crippen LogP contribution in [-0.4, -0.2) is 78.4 Å². The van der Waals surface area contributed by atoms with Crippen LogP contribution in [0.4, 0.5) is 20.0 Å². The van der Waals surface area contributed by atoms with Crippen molar-refractivity contribution in [2.45, 2.75) is 39.0 Å². The number of fused-ring (bicyclic) bond motifs is 1. The van der Waals surface area contributed by atoms with E-state index in [4.69, 9.17) is 14.2 Å². The van der Waals surface area contributed by atoms with Crippen LogP contribution in [0, 0.1) is 5.82 Å². The minimum absolute atomic E-state index is 0.127. The number of methoxy groups -OCH3 is 1. The number of carbonyl (C=O) groups excluding carboxylic acids is 3. The molecule has 0 aliphatic carbocycles. The molecule has 4 aromatic rings. The lowest BCUT2D eigenvalue weighted by Crippen LogP contribution is -2.50. The van der Waals surface area contributed by atoms with Gasteiger partial charge in [0.2, 0.25) is 0 Å². The zero-order valence-corrected chi connectivity index (χ0v) is 28.6. The van der Waals surface area contributed by atoms with Crippen molar-refractivity contribution >= 4 is 40.1 Å². The first-order valence-corrected chi connectivity index (χ1v) is 16.8. The van der Waals surface area contributed by atoms with Crippen LogP contribution in [0.2, 0.25) is 0 Å². The van der Waals surface area contributed by atoms with Crippen molar-refractivity contribution in [1.82, 2.24) is 14.8 Å². The highest BCUT2D eigenvalue weighted by molar-refractivity contribution is 7.13. The Morgan fingerprint density at radius 3 is 2.41 bits per heavy atom. The van der Waals surface area contributed by atoms with Crippen LogP contribution < -0.4 is 15.0 Å². The summed E-state index contributed by atoms with van der Waals surface area (Å²) in [5.74, 6) is -1.27. The van der Waals surface area contributed by atoms with Crippen LogP contribution in [0.15, 0.2) is 72.2 Å². The first-order valence-electron chi connectivity index (χ1n) is 15.9. The maximum atomic E-state index is 14.7. The number of nitrogens with zero attached hydrogens (tertiary/aromatic N) is 4. The monoisotopic (exact) mass is 687 g/mol. The van der Waals surface area contributed by atoms with Gasteiger partial charge in [-0.1, -0.05) is 24.3 Å². The Morgan fingerprint density at radius 2 is 1.73 bits per heavy atom. The van der Waals surface area contributed by atoms with Crippen LogP contribution >= 0.6 is 11.3 Å². The number of thiazole rings is 1. The summed E-state index contributed by atoms with van der Waals surface area (Å²) in [7, 11) is 1.46. The molecule has 6 rings (SSSR count). The molecule has 49 heavy (non-hydrogen) atoms. The van der Waals surface area contributed by atoms with Crippen molar-refractivity contribution in [2.24, 2.45) is 0 Å². The third-order valence-corrected chi connectivity index (χ3v) is 8.95. The molecule has 2 aliphatic heterocycles. The van der Waals surface area contributed by atoms with Crippen LogP contribution in [0.25, 0.3) is 11.1 Å². The molecule has 1 atom stereocenters. The lowest BCUT2D eigenvalue weighted by molar-refractivity contribution is -0.121. The Kier molecular flexibility index (Phi) is 9.84. The molecule has 1 N–H and O–H groups in total. The van der Waals surface area contributed by atoms with Crippen LogP contribution in [-0.2, 0) is 20.8 Å². The molecule has 0 spiro atoms. The highest BCUT2D eigenvalue weighted by Gasteiger charge is 2.39. The zero-order chi connectivity index (χ0) is 34.7. The van der Waals surface area contributed by atoms with E-state index in [1.807, 2.05) is 63.2 Å². The highest BCUT2D eigenvalue weighted by Crippen LogP contribution is 2.38. The fourth-order valence-corrected chi connectivity index (χ4v) is 6.48. The number of ether oxygens (including phenoxy) is 3. The lowest BCUT2D eigenvalue weighted by atomic mass is 10.00. The van der Waals surface area contributed by atoms with Crippen molar-refractivity contribution in [3.8, 4) is 16.9 Å². The third kappa shape index (κ3) is 7.68. The van der Waals surface area contributed by atoms with E-state index in [2.05, 4.69) is 15.2 Å². The maximum Gasteiger partial charge on any atom is 0.410 e. The Hall–Kier alpha value is -5.01. The van der Waals surface area contributed by atoms with Gasteiger partial charge in [-0.25, -0.2) is 14.2 Å². The third-order valence-electron chi connectivity index (χ3n) is 8.26. The first-order chi connectivity index (χ1) is 23.5. The van der Waals surface area contributed by atoms with Gasteiger partial charge in [0.05, 0.1) is 0 Å². The number of hydrogen-bond acceptors (Lipinski definition) is 9. The van der Waals surface area contributed by atoms with E-state index in [-0.39, 0.29) is 36.7 Å². The number of amides is 3. The molecule has 0 saturated carbocycles. The Bertz CT molecular complexity index is 1820. The highest BCUT2D eigenvalue weighted by atomic mass is 32.1. The van der Waals surface area contributed by atoms with Crippen molar-refractivity contribution in [3.05, 3.63) is 94.7 Å². The predicted octanol–water partition coefficient (Wildman–Crippen LogP) is 6.32. The van der Waals surface area contributed by atoms with Crippen LogP contribution in [0.3, 0.4) is 0 Å². The Morgan fingerprint density at radius 1 is 1.00 bits per heavy atom. The van der Waals surface area contributed by atoms with Gasteiger partial charge in [0.15, 0.2) is 11.9 Å². The minimum Gasteiger partial charge on any atom is -0.467 e. The maximum absolute atomic E-state index is 14.7. The molecule has 1 saturated heterocycles. The summed E-state index contributed by atoms with van der Waals surface area (Å²) in [5.41, 5.74) is 3.66. The molecular weight excluding hydrogens is 649 g/mol. The van der Waals surface area contributed by atoms with Gasteiger partial charge >= 0.3 is 6.09 Å². The topological polar surface area (TPSA) is 114 Å². The molecule has 0 bridgehead atoms. The first kappa shape index (κ1) is 33.9. The van der Waals surface area contributed by atoms with E-state index in [0.29, 0.717) is 36.9 Å². The molecule has 0 radical (unpaired) electrons. The molecule has 1 aromatic heterocycles. The fraction of sp³-hybridized carbons (Fsp3) is 0.333. The molecule has 0 unspecified atom stereocenters. The quantitative estimate of drug-likeness (QED) is 0.203. The van der Waals surface area contributed by atoms with E-state index in [1.165, 1.54) is 41.5 Å². The largest absolute Gasteiger partial charge is 0.467 e. The summed E-state index contributed by atoms with van der Waals surface area (Å²) in [6, 6.07) is 16.4. The fourth-order valence-electron chi connectivity index (χ4n) is 5.95. The molecule has 13 heteroatoms. The molecule has 2 aliphatic rings. The average Bonchev–Trinajstić information content (AvgIpc) is 3.71. The van der Waals surface area contributed by atoms with Gasteiger partial charge < -0.3 is 28.9 Å². The number of aromatic nitrogens is 1. The molecule has 3 amide bonds. The van der Waals surface area contributed by atoms with Gasteiger partial charge in [0, 0.05) is 68.2 Å². The number of rotatable bonds is 9. The van der Waals surface area contributed by atoms with E-state index in [9.17, 15) is 18.8 Å². The van der Waals surface area contributed by atoms with Gasteiger partial charge in [-0.05, 0) is 73.9 Å². The number of nitrogens with one attached hydrogen (secondary N) is 1. The molecule has 3 aromatic carbocycles. The summed E-state index contributed by atoms with van der Waals surface area (Å²) >= 11 is 1.23. The second kappa shape index (κ2) is 14.2. The summed E-state index contributed by atoms with van der Waals surface area (Å²) in [6.07, 6.45) is 1.26. The van der Waals surface area contributed by atoms with E-state index < -0.39 is 23.4 Å². The summed E-state index contributed by atoms with van der Waals surface area (Å²) in [6.45, 7) is 8.09. The zero-order valence-electron chi connectivity index (χ0n) is 27.8. The summed E-state index contributed by atoms with van der Waals surface area (Å²) in [4.78, 5) is 49.9. The number of anilines is 2. The lowest BCUT2D eigenvalue weighted by Gasteiger charge is -2.36. The van der Waals surface area contributed by atoms with E-state index in [0.717, 1.165) is 22.4 Å². The van der Waals surface area contributed by atoms with Gasteiger partial charge in [0.25, 0.3) is 11.8 Å². The van der Waals surface area contributed by atoms with Gasteiger partial charge in [-0.15, -0.1) is 11.3 Å². The van der Waals surface area contributed by atoms with Crippen molar-refractivity contribution in [2.75, 3.05) is 50.3 Å².